The first-order valence-electron chi connectivity index (χ1n) is 8.83. The fourth-order valence-corrected chi connectivity index (χ4v) is 2.70. The second kappa shape index (κ2) is 8.35. The highest BCUT2D eigenvalue weighted by Crippen LogP contribution is 2.25. The van der Waals surface area contributed by atoms with E-state index in [9.17, 15) is 14.7 Å². The zero-order chi connectivity index (χ0) is 20.1. The van der Waals surface area contributed by atoms with Gasteiger partial charge in [-0.25, -0.2) is 9.78 Å². The molecule has 28 heavy (non-hydrogen) atoms. The topological polar surface area (TPSA) is 88.5 Å². The van der Waals surface area contributed by atoms with Gasteiger partial charge in [-0.1, -0.05) is 29.8 Å². The predicted molar refractivity (Wildman–Crippen MR) is 106 cm³/mol. The molecule has 1 aromatic heterocycles. The maximum Gasteiger partial charge on any atom is 0.341 e. The molecule has 0 saturated carbocycles. The Morgan fingerprint density at radius 2 is 1.82 bits per heavy atom. The molecule has 0 aliphatic heterocycles. The van der Waals surface area contributed by atoms with Crippen molar-refractivity contribution in [2.75, 3.05) is 11.9 Å². The molecule has 0 aliphatic carbocycles. The third-order valence-electron chi connectivity index (χ3n) is 4.08. The molecule has 0 spiro atoms. The summed E-state index contributed by atoms with van der Waals surface area (Å²) < 4.78 is 5.11. The predicted octanol–water partition coefficient (Wildman–Crippen LogP) is 4.25. The summed E-state index contributed by atoms with van der Waals surface area (Å²) in [6, 6.07) is 15.4. The van der Waals surface area contributed by atoms with Crippen LogP contribution in [0, 0.1) is 6.92 Å². The highest BCUT2D eigenvalue weighted by Gasteiger charge is 2.20. The normalized spacial score (nSPS) is 10.4. The molecule has 0 saturated heterocycles. The Bertz CT molecular complexity index is 1020. The molecule has 0 unspecified atom stereocenters. The van der Waals surface area contributed by atoms with Crippen LogP contribution in [0.2, 0.25) is 0 Å². The fraction of sp³-hybridized carbons (Fsp3) is 0.136. The fourth-order valence-electron chi connectivity index (χ4n) is 2.70. The minimum atomic E-state index is -0.587. The van der Waals surface area contributed by atoms with Gasteiger partial charge < -0.3 is 15.2 Å². The van der Waals surface area contributed by atoms with Crippen molar-refractivity contribution in [3.63, 3.8) is 0 Å². The number of nitrogens with zero attached hydrogens (tertiary/aromatic N) is 1. The summed E-state index contributed by atoms with van der Waals surface area (Å²) >= 11 is 0. The Labute approximate surface area is 162 Å². The molecule has 6 nitrogen and oxygen atoms in total. The Kier molecular flexibility index (Phi) is 5.69. The number of carbonyl (C=O) groups excluding carboxylic acids is 2. The van der Waals surface area contributed by atoms with Gasteiger partial charge in [0.15, 0.2) is 5.78 Å². The van der Waals surface area contributed by atoms with Gasteiger partial charge in [0, 0.05) is 17.4 Å². The van der Waals surface area contributed by atoms with Crippen LogP contribution in [0.25, 0.3) is 0 Å². The van der Waals surface area contributed by atoms with Gasteiger partial charge in [0.25, 0.3) is 0 Å². The number of ether oxygens (including phenoxy) is 1. The van der Waals surface area contributed by atoms with E-state index in [1.54, 1.807) is 19.1 Å². The van der Waals surface area contributed by atoms with E-state index in [0.717, 1.165) is 11.3 Å². The second-order valence-corrected chi connectivity index (χ2v) is 6.18. The Hall–Kier alpha value is -3.67. The molecule has 6 heteroatoms. The number of para-hydroxylation sites is 1. The van der Waals surface area contributed by atoms with Crippen molar-refractivity contribution in [2.24, 2.45) is 0 Å². The van der Waals surface area contributed by atoms with Crippen LogP contribution in [0.5, 0.6) is 5.75 Å². The summed E-state index contributed by atoms with van der Waals surface area (Å²) in [5, 5.41) is 13.1. The van der Waals surface area contributed by atoms with Crippen LogP contribution in [-0.4, -0.2) is 28.4 Å². The van der Waals surface area contributed by atoms with Gasteiger partial charge in [0.2, 0.25) is 0 Å². The van der Waals surface area contributed by atoms with Crippen LogP contribution in [-0.2, 0) is 4.74 Å². The zero-order valence-corrected chi connectivity index (χ0v) is 15.6. The van der Waals surface area contributed by atoms with E-state index >= 15 is 0 Å². The van der Waals surface area contributed by atoms with Gasteiger partial charge in [0.05, 0.1) is 12.2 Å². The third-order valence-corrected chi connectivity index (χ3v) is 4.08. The van der Waals surface area contributed by atoms with E-state index < -0.39 is 11.8 Å². The summed E-state index contributed by atoms with van der Waals surface area (Å²) in [5.41, 5.74) is 2.06. The van der Waals surface area contributed by atoms with Crippen molar-refractivity contribution in [1.82, 2.24) is 4.98 Å². The van der Waals surface area contributed by atoms with Crippen molar-refractivity contribution < 1.29 is 19.4 Å². The van der Waals surface area contributed by atoms with Crippen LogP contribution < -0.4 is 5.32 Å². The van der Waals surface area contributed by atoms with E-state index in [-0.39, 0.29) is 34.9 Å². The average Bonchev–Trinajstić information content (AvgIpc) is 2.70. The van der Waals surface area contributed by atoms with Gasteiger partial charge >= 0.3 is 5.97 Å². The highest BCUT2D eigenvalue weighted by atomic mass is 16.5. The monoisotopic (exact) mass is 376 g/mol. The van der Waals surface area contributed by atoms with Crippen molar-refractivity contribution >= 4 is 23.3 Å². The number of carbonyl (C=O) groups is 2. The lowest BCUT2D eigenvalue weighted by atomic mass is 10.0. The molecule has 142 valence electrons. The number of phenols is 1. The van der Waals surface area contributed by atoms with Gasteiger partial charge in [-0.3, -0.25) is 4.79 Å². The number of phenolic OH excluding ortho intramolecular Hbond substituents is 1. The molecule has 0 bridgehead atoms. The summed E-state index contributed by atoms with van der Waals surface area (Å²) in [7, 11) is 0. The molecule has 0 atom stereocenters. The van der Waals surface area contributed by atoms with E-state index in [4.69, 9.17) is 4.74 Å². The molecule has 1 heterocycles. The third kappa shape index (κ3) is 4.17. The number of hydrogen-bond donors (Lipinski definition) is 2. The van der Waals surface area contributed by atoms with Gasteiger partial charge in [-0.2, -0.15) is 0 Å². The maximum atomic E-state index is 12.8. The number of esters is 1. The average molecular weight is 376 g/mol. The quantitative estimate of drug-likeness (QED) is 0.494. The first-order chi connectivity index (χ1) is 13.5. The summed E-state index contributed by atoms with van der Waals surface area (Å²) in [4.78, 5) is 29.5. The van der Waals surface area contributed by atoms with Crippen LogP contribution in [0.15, 0.2) is 60.8 Å². The van der Waals surface area contributed by atoms with Gasteiger partial charge in [-0.15, -0.1) is 0 Å². The molecule has 2 aromatic carbocycles. The molecule has 0 amide bonds. The lowest BCUT2D eigenvalue weighted by Crippen LogP contribution is -2.12. The summed E-state index contributed by atoms with van der Waals surface area (Å²) in [6.07, 6.45) is 1.37. The SMILES string of the molecule is CCOC(=O)c1cc(C(=O)c2cc(C)ccc2O)cnc1Nc1ccccc1. The number of rotatable bonds is 6. The summed E-state index contributed by atoms with van der Waals surface area (Å²) in [6.45, 7) is 3.72. The molecule has 0 aliphatic rings. The summed E-state index contributed by atoms with van der Waals surface area (Å²) in [5.74, 6) is -0.850. The largest absolute Gasteiger partial charge is 0.507 e. The molecular formula is C22H20N2O4. The lowest BCUT2D eigenvalue weighted by Gasteiger charge is -2.12. The van der Waals surface area contributed by atoms with Crippen molar-refractivity contribution in [2.45, 2.75) is 13.8 Å². The maximum absolute atomic E-state index is 12.8. The lowest BCUT2D eigenvalue weighted by molar-refractivity contribution is 0.0527. The smallest absolute Gasteiger partial charge is 0.341 e. The van der Waals surface area contributed by atoms with Crippen molar-refractivity contribution in [3.05, 3.63) is 83.0 Å². The number of ketones is 1. The van der Waals surface area contributed by atoms with Crippen LogP contribution in [0.4, 0.5) is 11.5 Å². The Morgan fingerprint density at radius 1 is 1.07 bits per heavy atom. The molecule has 2 N–H and O–H groups in total. The van der Waals surface area contributed by atoms with Crippen LogP contribution in [0.3, 0.4) is 0 Å². The highest BCUT2D eigenvalue weighted by molar-refractivity contribution is 6.12. The number of benzene rings is 2. The number of aromatic nitrogens is 1. The number of anilines is 2. The van der Waals surface area contributed by atoms with Gasteiger partial charge in [-0.05, 0) is 44.2 Å². The number of aryl methyl sites for hydroxylation is 1. The molecule has 0 radical (unpaired) electrons. The van der Waals surface area contributed by atoms with E-state index in [1.807, 2.05) is 37.3 Å². The Morgan fingerprint density at radius 3 is 2.54 bits per heavy atom. The van der Waals surface area contributed by atoms with Gasteiger partial charge in [0.1, 0.15) is 17.1 Å². The minimum Gasteiger partial charge on any atom is -0.507 e. The number of aromatic hydroxyl groups is 1. The number of hydrogen-bond acceptors (Lipinski definition) is 6. The number of nitrogens with one attached hydrogen (secondary N) is 1. The molecule has 0 fully saturated rings. The molecular weight excluding hydrogens is 356 g/mol. The first-order valence-corrected chi connectivity index (χ1v) is 8.83. The Balaban J connectivity index is 2.01. The minimum absolute atomic E-state index is 0.125. The van der Waals surface area contributed by atoms with Crippen molar-refractivity contribution in [1.29, 1.82) is 0 Å². The molecule has 3 aromatic rings. The second-order valence-electron chi connectivity index (χ2n) is 6.18. The first kappa shape index (κ1) is 19.1. The zero-order valence-electron chi connectivity index (χ0n) is 15.6. The van der Waals surface area contributed by atoms with E-state index in [1.165, 1.54) is 18.3 Å². The van der Waals surface area contributed by atoms with Crippen molar-refractivity contribution in [3.8, 4) is 5.75 Å². The number of pyridine rings is 1. The van der Waals surface area contributed by atoms with Crippen LogP contribution >= 0.6 is 0 Å². The van der Waals surface area contributed by atoms with E-state index in [0.29, 0.717) is 0 Å². The van der Waals surface area contributed by atoms with E-state index in [2.05, 4.69) is 10.3 Å². The standard InChI is InChI=1S/C22H20N2O4/c1-3-28-22(27)18-12-15(20(26)17-11-14(2)9-10-19(17)25)13-23-21(18)24-16-7-5-4-6-8-16/h4-13,25H,3H2,1-2H3,(H,23,24). The van der Waals surface area contributed by atoms with Crippen LogP contribution in [0.1, 0.15) is 38.8 Å². The molecule has 3 rings (SSSR count).